The smallest absolute Gasteiger partial charge is 0.306 e. The minimum atomic E-state index is -0.401. The standard InChI is InChI=1S/C21H24O4/c1-4-25-21(24)11-10-20(23)18-13-16(8-9-19(18)22)12-17-14(2)6-5-7-15(17)3/h5-9,13,22H,4,10-12H2,1-3H3. The van der Waals surface area contributed by atoms with E-state index in [1.54, 1.807) is 19.1 Å². The zero-order chi connectivity index (χ0) is 18.4. The van der Waals surface area contributed by atoms with E-state index >= 15 is 0 Å². The highest BCUT2D eigenvalue weighted by Gasteiger charge is 2.15. The van der Waals surface area contributed by atoms with Crippen LogP contribution in [0.5, 0.6) is 5.75 Å². The molecule has 0 amide bonds. The van der Waals surface area contributed by atoms with Crippen LogP contribution in [0.2, 0.25) is 0 Å². The summed E-state index contributed by atoms with van der Waals surface area (Å²) in [6.07, 6.45) is 0.740. The first-order valence-corrected chi connectivity index (χ1v) is 8.48. The lowest BCUT2D eigenvalue weighted by molar-refractivity contribution is -0.143. The first-order chi connectivity index (χ1) is 11.9. The molecule has 0 aliphatic carbocycles. The lowest BCUT2D eigenvalue weighted by Gasteiger charge is -2.11. The zero-order valence-corrected chi connectivity index (χ0v) is 15.0. The van der Waals surface area contributed by atoms with Crippen molar-refractivity contribution in [2.45, 2.75) is 40.0 Å². The molecular weight excluding hydrogens is 316 g/mol. The number of ether oxygens (including phenoxy) is 1. The molecule has 0 heterocycles. The van der Waals surface area contributed by atoms with Gasteiger partial charge in [0.05, 0.1) is 18.6 Å². The van der Waals surface area contributed by atoms with Gasteiger partial charge in [-0.1, -0.05) is 24.3 Å². The number of phenols is 1. The Morgan fingerprint density at radius 3 is 2.36 bits per heavy atom. The number of hydrogen-bond acceptors (Lipinski definition) is 4. The van der Waals surface area contributed by atoms with Gasteiger partial charge >= 0.3 is 5.97 Å². The number of aromatic hydroxyl groups is 1. The van der Waals surface area contributed by atoms with Crippen LogP contribution in [-0.4, -0.2) is 23.5 Å². The van der Waals surface area contributed by atoms with Gasteiger partial charge in [0.25, 0.3) is 0 Å². The molecule has 4 nitrogen and oxygen atoms in total. The monoisotopic (exact) mass is 340 g/mol. The highest BCUT2D eigenvalue weighted by Crippen LogP contribution is 2.24. The third-order valence-electron chi connectivity index (χ3n) is 4.25. The molecule has 4 heteroatoms. The van der Waals surface area contributed by atoms with Crippen LogP contribution in [0.15, 0.2) is 36.4 Å². The van der Waals surface area contributed by atoms with Crippen LogP contribution in [-0.2, 0) is 16.0 Å². The number of aryl methyl sites for hydroxylation is 2. The normalized spacial score (nSPS) is 10.5. The van der Waals surface area contributed by atoms with Crippen LogP contribution in [0.25, 0.3) is 0 Å². The fourth-order valence-electron chi connectivity index (χ4n) is 2.83. The summed E-state index contributed by atoms with van der Waals surface area (Å²) < 4.78 is 4.83. The lowest BCUT2D eigenvalue weighted by atomic mass is 9.94. The third kappa shape index (κ3) is 4.92. The average Bonchev–Trinajstić information content (AvgIpc) is 2.58. The Morgan fingerprint density at radius 2 is 1.72 bits per heavy atom. The van der Waals surface area contributed by atoms with Crippen molar-refractivity contribution in [3.8, 4) is 5.75 Å². The Labute approximate surface area is 148 Å². The van der Waals surface area contributed by atoms with Crippen LogP contribution in [0.3, 0.4) is 0 Å². The summed E-state index contributed by atoms with van der Waals surface area (Å²) in [7, 11) is 0. The molecule has 1 N–H and O–H groups in total. The van der Waals surface area contributed by atoms with E-state index < -0.39 is 5.97 Å². The van der Waals surface area contributed by atoms with Crippen molar-refractivity contribution < 1.29 is 19.4 Å². The number of esters is 1. The van der Waals surface area contributed by atoms with Gasteiger partial charge in [-0.3, -0.25) is 9.59 Å². The molecule has 0 aliphatic rings. The number of ketones is 1. The number of benzene rings is 2. The summed E-state index contributed by atoms with van der Waals surface area (Å²) in [5, 5.41) is 10.0. The molecule has 0 unspecified atom stereocenters. The number of Topliss-reactive ketones (excluding diaryl/α,β-unsaturated/α-hetero) is 1. The first kappa shape index (κ1) is 18.7. The topological polar surface area (TPSA) is 63.6 Å². The predicted octanol–water partition coefficient (Wildman–Crippen LogP) is 4.13. The minimum Gasteiger partial charge on any atom is -0.507 e. The van der Waals surface area contributed by atoms with Gasteiger partial charge in [-0.05, 0) is 61.6 Å². The Morgan fingerprint density at radius 1 is 1.04 bits per heavy atom. The summed E-state index contributed by atoms with van der Waals surface area (Å²) in [5.41, 5.74) is 4.83. The highest BCUT2D eigenvalue weighted by molar-refractivity contribution is 6.00. The van der Waals surface area contributed by atoms with Crippen molar-refractivity contribution in [3.63, 3.8) is 0 Å². The van der Waals surface area contributed by atoms with Crippen molar-refractivity contribution in [1.29, 1.82) is 0 Å². The number of carbonyl (C=O) groups is 2. The summed E-state index contributed by atoms with van der Waals surface area (Å²) >= 11 is 0. The summed E-state index contributed by atoms with van der Waals surface area (Å²) in [4.78, 5) is 23.8. The third-order valence-corrected chi connectivity index (χ3v) is 4.25. The summed E-state index contributed by atoms with van der Waals surface area (Å²) in [5.74, 6) is -0.713. The van der Waals surface area contributed by atoms with Gasteiger partial charge in [-0.25, -0.2) is 0 Å². The molecule has 0 aromatic heterocycles. The van der Waals surface area contributed by atoms with Crippen molar-refractivity contribution in [2.24, 2.45) is 0 Å². The molecule has 0 saturated heterocycles. The SMILES string of the molecule is CCOC(=O)CCC(=O)c1cc(Cc2c(C)cccc2C)ccc1O. The van der Waals surface area contributed by atoms with E-state index in [2.05, 4.69) is 26.0 Å². The Bertz CT molecular complexity index is 757. The molecule has 0 fully saturated rings. The molecule has 0 bridgehead atoms. The van der Waals surface area contributed by atoms with Crippen molar-refractivity contribution in [1.82, 2.24) is 0 Å². The highest BCUT2D eigenvalue weighted by atomic mass is 16.5. The Hall–Kier alpha value is -2.62. The van der Waals surface area contributed by atoms with E-state index in [-0.39, 0.29) is 29.9 Å². The second-order valence-electron chi connectivity index (χ2n) is 6.13. The van der Waals surface area contributed by atoms with Gasteiger partial charge in [0, 0.05) is 6.42 Å². The predicted molar refractivity (Wildman–Crippen MR) is 97.0 cm³/mol. The van der Waals surface area contributed by atoms with Crippen LogP contribution in [0.1, 0.15) is 52.4 Å². The molecular formula is C21H24O4. The second kappa shape index (κ2) is 8.47. The van der Waals surface area contributed by atoms with Crippen molar-refractivity contribution >= 4 is 11.8 Å². The van der Waals surface area contributed by atoms with E-state index in [1.807, 2.05) is 12.1 Å². The minimum absolute atomic E-state index is 0.0211. The maximum atomic E-state index is 12.3. The van der Waals surface area contributed by atoms with Gasteiger partial charge in [-0.2, -0.15) is 0 Å². The first-order valence-electron chi connectivity index (χ1n) is 8.48. The zero-order valence-electron chi connectivity index (χ0n) is 15.0. The van der Waals surface area contributed by atoms with Crippen LogP contribution >= 0.6 is 0 Å². The molecule has 0 spiro atoms. The fraction of sp³-hybridized carbons (Fsp3) is 0.333. The molecule has 2 aromatic carbocycles. The Balaban J connectivity index is 2.17. The van der Waals surface area contributed by atoms with E-state index in [0.29, 0.717) is 13.0 Å². The van der Waals surface area contributed by atoms with Gasteiger partial charge in [0.2, 0.25) is 0 Å². The summed E-state index contributed by atoms with van der Waals surface area (Å²) in [6.45, 7) is 6.15. The maximum Gasteiger partial charge on any atom is 0.306 e. The molecule has 132 valence electrons. The molecule has 0 aliphatic heterocycles. The molecule has 2 aromatic rings. The number of carbonyl (C=O) groups excluding carboxylic acids is 2. The van der Waals surface area contributed by atoms with Crippen LogP contribution < -0.4 is 0 Å². The largest absolute Gasteiger partial charge is 0.507 e. The van der Waals surface area contributed by atoms with Crippen molar-refractivity contribution in [3.05, 3.63) is 64.2 Å². The fourth-order valence-corrected chi connectivity index (χ4v) is 2.83. The molecule has 0 atom stereocenters. The van der Waals surface area contributed by atoms with Crippen LogP contribution in [0.4, 0.5) is 0 Å². The number of rotatable bonds is 7. The van der Waals surface area contributed by atoms with E-state index in [9.17, 15) is 14.7 Å². The Kier molecular flexibility index (Phi) is 6.34. The van der Waals surface area contributed by atoms with Gasteiger partial charge in [0.1, 0.15) is 5.75 Å². The second-order valence-corrected chi connectivity index (χ2v) is 6.13. The van der Waals surface area contributed by atoms with E-state index in [1.165, 1.54) is 16.7 Å². The van der Waals surface area contributed by atoms with E-state index in [0.717, 1.165) is 5.56 Å². The van der Waals surface area contributed by atoms with Gasteiger partial charge in [0.15, 0.2) is 5.78 Å². The molecule has 2 rings (SSSR count). The molecule has 0 radical (unpaired) electrons. The summed E-state index contributed by atoms with van der Waals surface area (Å²) in [6, 6.07) is 11.2. The lowest BCUT2D eigenvalue weighted by Crippen LogP contribution is -2.08. The number of hydrogen-bond donors (Lipinski definition) is 1. The van der Waals surface area contributed by atoms with Crippen LogP contribution in [0, 0.1) is 13.8 Å². The van der Waals surface area contributed by atoms with Gasteiger partial charge in [-0.15, -0.1) is 0 Å². The molecule has 25 heavy (non-hydrogen) atoms. The average molecular weight is 340 g/mol. The molecule has 0 saturated carbocycles. The number of phenolic OH excluding ortho intramolecular Hbond substituents is 1. The van der Waals surface area contributed by atoms with Gasteiger partial charge < -0.3 is 9.84 Å². The quantitative estimate of drug-likeness (QED) is 0.608. The van der Waals surface area contributed by atoms with E-state index in [4.69, 9.17) is 4.74 Å². The maximum absolute atomic E-state index is 12.3. The van der Waals surface area contributed by atoms with Crippen molar-refractivity contribution in [2.75, 3.05) is 6.61 Å².